The maximum Gasteiger partial charge on any atom is 0.0758 e. The van der Waals surface area contributed by atoms with Crippen molar-refractivity contribution in [1.82, 2.24) is 15.1 Å². The molecule has 1 aliphatic rings. The highest BCUT2D eigenvalue weighted by atomic mass is 16.5. The summed E-state index contributed by atoms with van der Waals surface area (Å²) in [5.41, 5.74) is 2.35. The molecule has 0 spiro atoms. The lowest BCUT2D eigenvalue weighted by molar-refractivity contribution is 0.0628. The molecule has 96 valence electrons. The molecule has 0 bridgehead atoms. The van der Waals surface area contributed by atoms with E-state index in [1.54, 1.807) is 0 Å². The molecule has 1 saturated heterocycles. The van der Waals surface area contributed by atoms with Gasteiger partial charge in [-0.1, -0.05) is 6.92 Å². The number of aryl methyl sites for hydroxylation is 2. The number of nitrogens with one attached hydrogen (secondary N) is 1. The van der Waals surface area contributed by atoms with E-state index in [0.29, 0.717) is 18.1 Å². The highest BCUT2D eigenvalue weighted by Crippen LogP contribution is 2.24. The molecule has 0 aromatic carbocycles. The first-order valence-corrected chi connectivity index (χ1v) is 6.40. The Kier molecular flexibility index (Phi) is 3.84. The fourth-order valence-corrected chi connectivity index (χ4v) is 2.69. The van der Waals surface area contributed by atoms with Gasteiger partial charge < -0.3 is 10.1 Å². The normalized spacial score (nSPS) is 26.4. The molecule has 2 heterocycles. The summed E-state index contributed by atoms with van der Waals surface area (Å²) in [7, 11) is 4.02. The van der Waals surface area contributed by atoms with Crippen molar-refractivity contribution in [3.63, 3.8) is 0 Å². The molecule has 0 amide bonds. The molecular weight excluding hydrogens is 214 g/mol. The molecule has 1 aromatic rings. The molecule has 4 heteroatoms. The van der Waals surface area contributed by atoms with Crippen LogP contribution in [0.4, 0.5) is 0 Å². The Labute approximate surface area is 103 Å². The van der Waals surface area contributed by atoms with Crippen molar-refractivity contribution in [3.05, 3.63) is 17.5 Å². The largest absolute Gasteiger partial charge is 0.376 e. The van der Waals surface area contributed by atoms with Gasteiger partial charge >= 0.3 is 0 Å². The Balaban J connectivity index is 2.07. The first-order chi connectivity index (χ1) is 8.11. The van der Waals surface area contributed by atoms with Gasteiger partial charge in [0.1, 0.15) is 0 Å². The minimum absolute atomic E-state index is 0.329. The lowest BCUT2D eigenvalue weighted by Crippen LogP contribution is -2.42. The third-order valence-corrected chi connectivity index (χ3v) is 3.74. The third kappa shape index (κ3) is 2.69. The van der Waals surface area contributed by atoms with Crippen LogP contribution in [0.3, 0.4) is 0 Å². The first kappa shape index (κ1) is 12.6. The predicted octanol–water partition coefficient (Wildman–Crippen LogP) is 1.28. The molecule has 0 saturated carbocycles. The van der Waals surface area contributed by atoms with E-state index in [4.69, 9.17) is 4.74 Å². The highest BCUT2D eigenvalue weighted by Gasteiger charge is 2.31. The van der Waals surface area contributed by atoms with Gasteiger partial charge in [0.25, 0.3) is 0 Å². The van der Waals surface area contributed by atoms with Gasteiger partial charge in [-0.25, -0.2) is 0 Å². The SMILES string of the molecule is CNC(Cc1cc(C)nn1C)C1OCCC1C. The van der Waals surface area contributed by atoms with E-state index in [1.165, 1.54) is 12.1 Å². The Morgan fingerprint density at radius 3 is 2.88 bits per heavy atom. The minimum Gasteiger partial charge on any atom is -0.376 e. The van der Waals surface area contributed by atoms with E-state index in [0.717, 1.165) is 18.7 Å². The maximum atomic E-state index is 5.84. The van der Waals surface area contributed by atoms with Crippen LogP contribution in [-0.4, -0.2) is 35.6 Å². The molecule has 2 rings (SSSR count). The van der Waals surface area contributed by atoms with Crippen LogP contribution in [-0.2, 0) is 18.2 Å². The smallest absolute Gasteiger partial charge is 0.0758 e. The summed E-state index contributed by atoms with van der Waals surface area (Å²) in [5, 5.41) is 7.79. The average molecular weight is 237 g/mol. The summed E-state index contributed by atoms with van der Waals surface area (Å²) in [4.78, 5) is 0. The second kappa shape index (κ2) is 5.19. The van der Waals surface area contributed by atoms with Gasteiger partial charge in [-0.3, -0.25) is 4.68 Å². The van der Waals surface area contributed by atoms with Crippen molar-refractivity contribution >= 4 is 0 Å². The number of hydrogen-bond donors (Lipinski definition) is 1. The van der Waals surface area contributed by atoms with Gasteiger partial charge in [0.05, 0.1) is 11.8 Å². The summed E-state index contributed by atoms with van der Waals surface area (Å²) in [6.45, 7) is 5.21. The zero-order valence-electron chi connectivity index (χ0n) is 11.2. The molecule has 1 N–H and O–H groups in total. The summed E-state index contributed by atoms with van der Waals surface area (Å²) < 4.78 is 7.82. The molecular formula is C13H23N3O. The van der Waals surface area contributed by atoms with Crippen molar-refractivity contribution in [3.8, 4) is 0 Å². The van der Waals surface area contributed by atoms with Gasteiger partial charge in [-0.2, -0.15) is 5.10 Å². The number of aromatic nitrogens is 2. The Bertz CT molecular complexity index is 375. The van der Waals surface area contributed by atoms with E-state index >= 15 is 0 Å². The highest BCUT2D eigenvalue weighted by molar-refractivity contribution is 5.11. The standard InChI is InChI=1S/C13H23N3O/c1-9-5-6-17-13(9)12(14-3)8-11-7-10(2)15-16(11)4/h7,9,12-14H,5-6,8H2,1-4H3. The van der Waals surface area contributed by atoms with Crippen LogP contribution in [0.1, 0.15) is 24.7 Å². The maximum absolute atomic E-state index is 5.84. The third-order valence-electron chi connectivity index (χ3n) is 3.74. The molecule has 3 atom stereocenters. The van der Waals surface area contributed by atoms with Gasteiger partial charge in [-0.15, -0.1) is 0 Å². The predicted molar refractivity (Wildman–Crippen MR) is 68.0 cm³/mol. The topological polar surface area (TPSA) is 39.1 Å². The average Bonchev–Trinajstić information content (AvgIpc) is 2.82. The second-order valence-corrected chi connectivity index (χ2v) is 5.10. The van der Waals surface area contributed by atoms with Crippen LogP contribution in [0.15, 0.2) is 6.07 Å². The molecule has 1 aliphatic heterocycles. The summed E-state index contributed by atoms with van der Waals surface area (Å²) >= 11 is 0. The summed E-state index contributed by atoms with van der Waals surface area (Å²) in [6.07, 6.45) is 2.48. The molecule has 4 nitrogen and oxygen atoms in total. The lowest BCUT2D eigenvalue weighted by Gasteiger charge is -2.25. The van der Waals surface area contributed by atoms with Gasteiger partial charge in [0.2, 0.25) is 0 Å². The molecule has 17 heavy (non-hydrogen) atoms. The molecule has 3 unspecified atom stereocenters. The van der Waals surface area contributed by atoms with Gasteiger partial charge in [-0.05, 0) is 32.4 Å². The number of likely N-dealkylation sites (N-methyl/N-ethyl adjacent to an activating group) is 1. The van der Waals surface area contributed by atoms with Crippen molar-refractivity contribution < 1.29 is 4.74 Å². The Hall–Kier alpha value is -0.870. The first-order valence-electron chi connectivity index (χ1n) is 6.40. The quantitative estimate of drug-likeness (QED) is 0.857. The minimum atomic E-state index is 0.329. The van der Waals surface area contributed by atoms with E-state index in [-0.39, 0.29) is 0 Å². The van der Waals surface area contributed by atoms with E-state index < -0.39 is 0 Å². The van der Waals surface area contributed by atoms with Crippen LogP contribution < -0.4 is 5.32 Å². The van der Waals surface area contributed by atoms with E-state index in [2.05, 4.69) is 23.4 Å². The van der Waals surface area contributed by atoms with Crippen molar-refractivity contribution in [2.75, 3.05) is 13.7 Å². The summed E-state index contributed by atoms with van der Waals surface area (Å²) in [5.74, 6) is 0.641. The molecule has 0 radical (unpaired) electrons. The van der Waals surface area contributed by atoms with Crippen LogP contribution in [0, 0.1) is 12.8 Å². The van der Waals surface area contributed by atoms with E-state index in [9.17, 15) is 0 Å². The number of hydrogen-bond acceptors (Lipinski definition) is 3. The van der Waals surface area contributed by atoms with Crippen LogP contribution >= 0.6 is 0 Å². The Morgan fingerprint density at radius 2 is 2.41 bits per heavy atom. The second-order valence-electron chi connectivity index (χ2n) is 5.10. The van der Waals surface area contributed by atoms with Crippen LogP contribution in [0.5, 0.6) is 0 Å². The fraction of sp³-hybridized carbons (Fsp3) is 0.769. The molecule has 1 fully saturated rings. The monoisotopic (exact) mass is 237 g/mol. The van der Waals surface area contributed by atoms with Gasteiger partial charge in [0, 0.05) is 31.8 Å². The molecule has 1 aromatic heterocycles. The summed E-state index contributed by atoms with van der Waals surface area (Å²) in [6, 6.07) is 2.53. The number of nitrogens with zero attached hydrogens (tertiary/aromatic N) is 2. The Morgan fingerprint density at radius 1 is 1.65 bits per heavy atom. The van der Waals surface area contributed by atoms with Crippen molar-refractivity contribution in [2.24, 2.45) is 13.0 Å². The number of rotatable bonds is 4. The van der Waals surface area contributed by atoms with Gasteiger partial charge in [0.15, 0.2) is 0 Å². The van der Waals surface area contributed by atoms with Crippen LogP contribution in [0.25, 0.3) is 0 Å². The zero-order chi connectivity index (χ0) is 12.4. The van der Waals surface area contributed by atoms with Crippen molar-refractivity contribution in [2.45, 2.75) is 38.8 Å². The van der Waals surface area contributed by atoms with Crippen molar-refractivity contribution in [1.29, 1.82) is 0 Å². The fourth-order valence-electron chi connectivity index (χ4n) is 2.69. The van der Waals surface area contributed by atoms with E-state index in [1.807, 2.05) is 25.7 Å². The number of ether oxygens (including phenoxy) is 1. The lowest BCUT2D eigenvalue weighted by atomic mass is 9.94. The molecule has 0 aliphatic carbocycles. The van der Waals surface area contributed by atoms with Crippen LogP contribution in [0.2, 0.25) is 0 Å². The zero-order valence-corrected chi connectivity index (χ0v) is 11.2.